The molecule has 128 valence electrons. The van der Waals surface area contributed by atoms with E-state index in [1.807, 2.05) is 30.3 Å². The molecule has 0 saturated heterocycles. The number of hydrogen-bond acceptors (Lipinski definition) is 4. The molecule has 4 rings (SSSR count). The Hall–Kier alpha value is -3.40. The van der Waals surface area contributed by atoms with Crippen molar-refractivity contribution in [2.45, 2.75) is 13.5 Å². The monoisotopic (exact) mass is 343 g/mol. The Kier molecular flexibility index (Phi) is 4.23. The van der Waals surface area contributed by atoms with Gasteiger partial charge in [-0.2, -0.15) is 0 Å². The highest BCUT2D eigenvalue weighted by Gasteiger charge is 2.27. The van der Waals surface area contributed by atoms with E-state index in [4.69, 9.17) is 9.47 Å². The molecule has 0 saturated carbocycles. The summed E-state index contributed by atoms with van der Waals surface area (Å²) in [5.74, 6) is 1.35. The Morgan fingerprint density at radius 2 is 2.00 bits per heavy atom. The highest BCUT2D eigenvalue weighted by Crippen LogP contribution is 2.35. The van der Waals surface area contributed by atoms with Crippen LogP contribution in [0.4, 0.5) is 0 Å². The zero-order valence-corrected chi connectivity index (χ0v) is 14.3. The maximum Gasteiger partial charge on any atom is 0.231 e. The van der Waals surface area contributed by atoms with E-state index < -0.39 is 0 Å². The van der Waals surface area contributed by atoms with E-state index in [0.29, 0.717) is 29.4 Å². The predicted octanol–water partition coefficient (Wildman–Crippen LogP) is 4.59. The molecule has 1 aliphatic heterocycles. The molecule has 0 unspecified atom stereocenters. The summed E-state index contributed by atoms with van der Waals surface area (Å²) in [5, 5.41) is 0. The van der Waals surface area contributed by atoms with Gasteiger partial charge in [-0.3, -0.25) is 9.78 Å². The summed E-state index contributed by atoms with van der Waals surface area (Å²) in [4.78, 5) is 16.5. The number of rotatable bonds is 4. The number of carbonyl (C=O) groups is 1. The van der Waals surface area contributed by atoms with Gasteiger partial charge in [0, 0.05) is 18.5 Å². The molecule has 0 spiro atoms. The van der Waals surface area contributed by atoms with Gasteiger partial charge in [-0.25, -0.2) is 0 Å². The molecular weight excluding hydrogens is 326 g/mol. The molecule has 0 amide bonds. The van der Waals surface area contributed by atoms with Gasteiger partial charge in [0.2, 0.25) is 5.78 Å². The quantitative estimate of drug-likeness (QED) is 0.650. The number of aromatic nitrogens is 1. The summed E-state index contributed by atoms with van der Waals surface area (Å²) in [5.41, 5.74) is 3.67. The number of Topliss-reactive ketones (excluding diaryl/α,β-unsaturated/α-hetero) is 1. The SMILES string of the molecule is Cc1ccccc1COc1ccc2c(c1)OC(=Cc1cccnc1)C2=O. The summed E-state index contributed by atoms with van der Waals surface area (Å²) in [6, 6.07) is 17.1. The first-order valence-electron chi connectivity index (χ1n) is 8.36. The Labute approximate surface area is 151 Å². The summed E-state index contributed by atoms with van der Waals surface area (Å²) in [6.07, 6.45) is 5.07. The highest BCUT2D eigenvalue weighted by atomic mass is 16.5. The average molecular weight is 343 g/mol. The second-order valence-electron chi connectivity index (χ2n) is 6.10. The first-order valence-corrected chi connectivity index (χ1v) is 8.36. The number of nitrogens with zero attached hydrogens (tertiary/aromatic N) is 1. The number of hydrogen-bond donors (Lipinski definition) is 0. The molecule has 0 bridgehead atoms. The summed E-state index contributed by atoms with van der Waals surface area (Å²) < 4.78 is 11.6. The number of carbonyl (C=O) groups excluding carboxylic acids is 1. The molecule has 0 atom stereocenters. The summed E-state index contributed by atoms with van der Waals surface area (Å²) in [7, 11) is 0. The van der Waals surface area contributed by atoms with Crippen LogP contribution in [0, 0.1) is 6.92 Å². The molecule has 3 aromatic rings. The van der Waals surface area contributed by atoms with Gasteiger partial charge in [0.15, 0.2) is 5.76 Å². The number of pyridine rings is 1. The number of ether oxygens (including phenoxy) is 2. The number of aryl methyl sites for hydroxylation is 1. The lowest BCUT2D eigenvalue weighted by molar-refractivity contribution is 0.101. The topological polar surface area (TPSA) is 48.4 Å². The van der Waals surface area contributed by atoms with Crippen molar-refractivity contribution in [3.63, 3.8) is 0 Å². The maximum atomic E-state index is 12.5. The minimum atomic E-state index is -0.130. The molecular formula is C22H17NO3. The van der Waals surface area contributed by atoms with E-state index in [0.717, 1.165) is 11.1 Å². The van der Waals surface area contributed by atoms with Crippen LogP contribution in [0.3, 0.4) is 0 Å². The number of allylic oxidation sites excluding steroid dienone is 1. The van der Waals surface area contributed by atoms with Gasteiger partial charge < -0.3 is 9.47 Å². The molecule has 4 heteroatoms. The van der Waals surface area contributed by atoms with Crippen molar-refractivity contribution in [2.24, 2.45) is 0 Å². The van der Waals surface area contributed by atoms with Crippen molar-refractivity contribution in [2.75, 3.05) is 0 Å². The van der Waals surface area contributed by atoms with Crippen LogP contribution in [-0.2, 0) is 6.61 Å². The van der Waals surface area contributed by atoms with Gasteiger partial charge in [-0.05, 0) is 47.9 Å². The third-order valence-corrected chi connectivity index (χ3v) is 4.28. The lowest BCUT2D eigenvalue weighted by Gasteiger charge is -2.09. The molecule has 2 heterocycles. The Bertz CT molecular complexity index is 993. The largest absolute Gasteiger partial charge is 0.489 e. The Morgan fingerprint density at radius 1 is 1.12 bits per heavy atom. The molecule has 2 aromatic carbocycles. The van der Waals surface area contributed by atoms with E-state index in [1.165, 1.54) is 5.56 Å². The van der Waals surface area contributed by atoms with Crippen LogP contribution in [-0.4, -0.2) is 10.8 Å². The molecule has 1 aliphatic rings. The van der Waals surface area contributed by atoms with Crippen molar-refractivity contribution < 1.29 is 14.3 Å². The molecule has 26 heavy (non-hydrogen) atoms. The fourth-order valence-electron chi connectivity index (χ4n) is 2.80. The van der Waals surface area contributed by atoms with Gasteiger partial charge >= 0.3 is 0 Å². The smallest absolute Gasteiger partial charge is 0.231 e. The normalized spacial score (nSPS) is 14.2. The van der Waals surface area contributed by atoms with Crippen LogP contribution in [0.2, 0.25) is 0 Å². The van der Waals surface area contributed by atoms with Crippen molar-refractivity contribution >= 4 is 11.9 Å². The van der Waals surface area contributed by atoms with Crippen LogP contribution < -0.4 is 9.47 Å². The molecule has 0 aliphatic carbocycles. The first-order chi connectivity index (χ1) is 12.7. The molecule has 4 nitrogen and oxygen atoms in total. The van der Waals surface area contributed by atoms with E-state index in [1.54, 1.807) is 36.7 Å². The van der Waals surface area contributed by atoms with Gasteiger partial charge in [0.05, 0.1) is 5.56 Å². The number of fused-ring (bicyclic) bond motifs is 1. The Morgan fingerprint density at radius 3 is 2.81 bits per heavy atom. The van der Waals surface area contributed by atoms with Gasteiger partial charge in [0.25, 0.3) is 0 Å². The fraction of sp³-hybridized carbons (Fsp3) is 0.0909. The van der Waals surface area contributed by atoms with E-state index in [9.17, 15) is 4.79 Å². The average Bonchev–Trinajstić information content (AvgIpc) is 2.97. The zero-order valence-electron chi connectivity index (χ0n) is 14.3. The first kappa shape index (κ1) is 16.1. The third-order valence-electron chi connectivity index (χ3n) is 4.28. The number of benzene rings is 2. The van der Waals surface area contributed by atoms with Crippen LogP contribution in [0.25, 0.3) is 6.08 Å². The predicted molar refractivity (Wildman–Crippen MR) is 99.1 cm³/mol. The van der Waals surface area contributed by atoms with Crippen LogP contribution in [0.5, 0.6) is 11.5 Å². The summed E-state index contributed by atoms with van der Waals surface area (Å²) >= 11 is 0. The lowest BCUT2D eigenvalue weighted by atomic mass is 10.1. The molecule has 1 aromatic heterocycles. The van der Waals surface area contributed by atoms with Crippen LogP contribution >= 0.6 is 0 Å². The van der Waals surface area contributed by atoms with Crippen molar-refractivity contribution in [1.82, 2.24) is 4.98 Å². The fourth-order valence-corrected chi connectivity index (χ4v) is 2.80. The molecule has 0 N–H and O–H groups in total. The van der Waals surface area contributed by atoms with E-state index in [-0.39, 0.29) is 5.78 Å². The van der Waals surface area contributed by atoms with Crippen LogP contribution in [0.15, 0.2) is 72.8 Å². The lowest BCUT2D eigenvalue weighted by Crippen LogP contribution is -1.98. The second kappa shape index (κ2) is 6.84. The van der Waals surface area contributed by atoms with Crippen LogP contribution in [0.1, 0.15) is 27.0 Å². The van der Waals surface area contributed by atoms with Crippen molar-refractivity contribution in [3.05, 3.63) is 95.0 Å². The Balaban J connectivity index is 1.53. The molecule has 0 radical (unpaired) electrons. The van der Waals surface area contributed by atoms with E-state index in [2.05, 4.69) is 18.0 Å². The standard InChI is InChI=1S/C22H17NO3/c1-15-5-2-3-7-17(15)14-25-18-8-9-19-20(12-18)26-21(22(19)24)11-16-6-4-10-23-13-16/h2-13H,14H2,1H3. The second-order valence-corrected chi connectivity index (χ2v) is 6.10. The van der Waals surface area contributed by atoms with Crippen molar-refractivity contribution in [3.8, 4) is 11.5 Å². The highest BCUT2D eigenvalue weighted by molar-refractivity contribution is 6.14. The molecule has 0 fully saturated rings. The maximum absolute atomic E-state index is 12.5. The van der Waals surface area contributed by atoms with Gasteiger partial charge in [-0.1, -0.05) is 30.3 Å². The van der Waals surface area contributed by atoms with Crippen molar-refractivity contribution in [1.29, 1.82) is 0 Å². The van der Waals surface area contributed by atoms with Gasteiger partial charge in [0.1, 0.15) is 18.1 Å². The number of ketones is 1. The minimum Gasteiger partial charge on any atom is -0.489 e. The van der Waals surface area contributed by atoms with E-state index >= 15 is 0 Å². The third kappa shape index (κ3) is 3.22. The minimum absolute atomic E-state index is 0.130. The van der Waals surface area contributed by atoms with Gasteiger partial charge in [-0.15, -0.1) is 0 Å². The summed E-state index contributed by atoms with van der Waals surface area (Å²) in [6.45, 7) is 2.52. The zero-order chi connectivity index (χ0) is 17.9.